The van der Waals surface area contributed by atoms with Crippen LogP contribution >= 0.6 is 0 Å². The molecule has 2 N–H and O–H groups in total. The number of nitrogens with two attached hydrogens (primary N) is 1. The first-order chi connectivity index (χ1) is 9.27. The van der Waals surface area contributed by atoms with Gasteiger partial charge in [-0.1, -0.05) is 0 Å². The molecule has 112 valence electrons. The molecule has 6 nitrogen and oxygen atoms in total. The number of amides is 1. The fraction of sp³-hybridized carbons (Fsp3) is 0.923. The van der Waals surface area contributed by atoms with Crippen molar-refractivity contribution >= 4 is 5.91 Å². The summed E-state index contributed by atoms with van der Waals surface area (Å²) in [6.07, 6.45) is 2.04. The highest BCUT2D eigenvalue weighted by atomic mass is 16.5. The summed E-state index contributed by atoms with van der Waals surface area (Å²) >= 11 is 0. The standard InChI is InChI=1S/C13H27N3O3/c1-18-10-11-19-12-13(17)16-7-3-6-15(8-9-16)5-2-4-14/h2-12,14H2,1H3. The monoisotopic (exact) mass is 273 g/mol. The minimum absolute atomic E-state index is 0.0803. The van der Waals surface area contributed by atoms with Gasteiger partial charge in [0.2, 0.25) is 5.91 Å². The SMILES string of the molecule is COCCOCC(=O)N1CCCN(CCCN)CC1. The molecule has 1 fully saturated rings. The van der Waals surface area contributed by atoms with E-state index in [1.54, 1.807) is 7.11 Å². The van der Waals surface area contributed by atoms with Crippen LogP contribution in [0, 0.1) is 0 Å². The number of nitrogens with zero attached hydrogens (tertiary/aromatic N) is 2. The van der Waals surface area contributed by atoms with Crippen molar-refractivity contribution in [2.45, 2.75) is 12.8 Å². The number of carbonyl (C=O) groups is 1. The Morgan fingerprint density at radius 3 is 2.79 bits per heavy atom. The molecule has 6 heteroatoms. The van der Waals surface area contributed by atoms with Crippen LogP contribution < -0.4 is 5.73 Å². The number of ether oxygens (including phenoxy) is 2. The van der Waals surface area contributed by atoms with E-state index < -0.39 is 0 Å². The molecule has 0 aromatic rings. The summed E-state index contributed by atoms with van der Waals surface area (Å²) in [5, 5.41) is 0. The Bertz CT molecular complexity index is 251. The minimum atomic E-state index is 0.0803. The van der Waals surface area contributed by atoms with Crippen LogP contribution in [0.25, 0.3) is 0 Å². The van der Waals surface area contributed by atoms with Crippen LogP contribution in [0.15, 0.2) is 0 Å². The highest BCUT2D eigenvalue weighted by Gasteiger charge is 2.18. The molecule has 0 saturated carbocycles. The first kappa shape index (κ1) is 16.4. The van der Waals surface area contributed by atoms with Gasteiger partial charge in [0.05, 0.1) is 13.2 Å². The van der Waals surface area contributed by atoms with E-state index in [4.69, 9.17) is 15.2 Å². The van der Waals surface area contributed by atoms with Crippen molar-refractivity contribution < 1.29 is 14.3 Å². The predicted octanol–water partition coefficient (Wildman–Crippen LogP) is -0.467. The van der Waals surface area contributed by atoms with Gasteiger partial charge in [0.25, 0.3) is 0 Å². The third-order valence-electron chi connectivity index (χ3n) is 3.28. The van der Waals surface area contributed by atoms with Crippen molar-refractivity contribution in [3.63, 3.8) is 0 Å². The van der Waals surface area contributed by atoms with Crippen LogP contribution in [0.2, 0.25) is 0 Å². The zero-order valence-corrected chi connectivity index (χ0v) is 12.0. The molecule has 0 aliphatic carbocycles. The maximum absolute atomic E-state index is 12.0. The molecule has 1 rings (SSSR count). The van der Waals surface area contributed by atoms with Crippen molar-refractivity contribution in [3.8, 4) is 0 Å². The molecule has 0 aromatic carbocycles. The van der Waals surface area contributed by atoms with Crippen LogP contribution in [0.3, 0.4) is 0 Å². The highest BCUT2D eigenvalue weighted by Crippen LogP contribution is 2.04. The Labute approximate surface area is 115 Å². The quantitative estimate of drug-likeness (QED) is 0.606. The van der Waals surface area contributed by atoms with Crippen molar-refractivity contribution in [1.29, 1.82) is 0 Å². The van der Waals surface area contributed by atoms with Gasteiger partial charge < -0.3 is 25.0 Å². The van der Waals surface area contributed by atoms with E-state index in [1.807, 2.05) is 4.90 Å². The van der Waals surface area contributed by atoms with E-state index in [0.29, 0.717) is 13.2 Å². The molecular formula is C13H27N3O3. The van der Waals surface area contributed by atoms with Crippen LogP contribution in [0.1, 0.15) is 12.8 Å². The second-order valence-electron chi connectivity index (χ2n) is 4.76. The van der Waals surface area contributed by atoms with Gasteiger partial charge in [-0.3, -0.25) is 4.79 Å². The summed E-state index contributed by atoms with van der Waals surface area (Å²) in [6, 6.07) is 0. The molecule has 1 saturated heterocycles. The summed E-state index contributed by atoms with van der Waals surface area (Å²) in [6.45, 7) is 6.52. The number of methoxy groups -OCH3 is 1. The van der Waals surface area contributed by atoms with Crippen molar-refractivity contribution in [3.05, 3.63) is 0 Å². The second kappa shape index (κ2) is 10.1. The Balaban J connectivity index is 2.21. The van der Waals surface area contributed by atoms with E-state index in [0.717, 1.165) is 52.1 Å². The maximum Gasteiger partial charge on any atom is 0.248 e. The average molecular weight is 273 g/mol. The summed E-state index contributed by atoms with van der Waals surface area (Å²) in [7, 11) is 1.62. The van der Waals surface area contributed by atoms with E-state index in [1.165, 1.54) is 0 Å². The van der Waals surface area contributed by atoms with E-state index in [9.17, 15) is 4.79 Å². The van der Waals surface area contributed by atoms with Gasteiger partial charge in [-0.25, -0.2) is 0 Å². The smallest absolute Gasteiger partial charge is 0.248 e. The molecule has 0 aromatic heterocycles. The van der Waals surface area contributed by atoms with Gasteiger partial charge in [-0.05, 0) is 32.5 Å². The number of hydrogen-bond donors (Lipinski definition) is 1. The zero-order chi connectivity index (χ0) is 13.9. The summed E-state index contributed by atoms with van der Waals surface area (Å²) < 4.78 is 10.1. The van der Waals surface area contributed by atoms with Crippen LogP contribution in [0.4, 0.5) is 0 Å². The molecule has 0 atom stereocenters. The topological polar surface area (TPSA) is 68.0 Å². The highest BCUT2D eigenvalue weighted by molar-refractivity contribution is 5.77. The summed E-state index contributed by atoms with van der Waals surface area (Å²) in [5.41, 5.74) is 5.52. The Kier molecular flexibility index (Phi) is 8.73. The maximum atomic E-state index is 12.0. The predicted molar refractivity (Wildman–Crippen MR) is 74.0 cm³/mol. The van der Waals surface area contributed by atoms with E-state index in [-0.39, 0.29) is 12.5 Å². The first-order valence-corrected chi connectivity index (χ1v) is 7.04. The molecule has 1 heterocycles. The second-order valence-corrected chi connectivity index (χ2v) is 4.76. The van der Waals surface area contributed by atoms with Crippen molar-refractivity contribution in [2.24, 2.45) is 5.73 Å². The van der Waals surface area contributed by atoms with Crippen LogP contribution in [0.5, 0.6) is 0 Å². The molecule has 0 spiro atoms. The average Bonchev–Trinajstić information content (AvgIpc) is 2.66. The van der Waals surface area contributed by atoms with Gasteiger partial charge in [0, 0.05) is 26.7 Å². The zero-order valence-electron chi connectivity index (χ0n) is 12.0. The summed E-state index contributed by atoms with van der Waals surface area (Å²) in [4.78, 5) is 16.2. The van der Waals surface area contributed by atoms with Gasteiger partial charge in [-0.15, -0.1) is 0 Å². The lowest BCUT2D eigenvalue weighted by molar-refractivity contribution is -0.136. The minimum Gasteiger partial charge on any atom is -0.382 e. The van der Waals surface area contributed by atoms with Gasteiger partial charge in [0.15, 0.2) is 0 Å². The molecule has 1 aliphatic heterocycles. The van der Waals surface area contributed by atoms with Crippen LogP contribution in [-0.4, -0.2) is 81.9 Å². The largest absolute Gasteiger partial charge is 0.382 e. The summed E-state index contributed by atoms with van der Waals surface area (Å²) in [5.74, 6) is 0.0803. The molecule has 0 radical (unpaired) electrons. The number of hydrogen-bond acceptors (Lipinski definition) is 5. The molecule has 19 heavy (non-hydrogen) atoms. The third-order valence-corrected chi connectivity index (χ3v) is 3.28. The van der Waals surface area contributed by atoms with E-state index in [2.05, 4.69) is 4.90 Å². The lowest BCUT2D eigenvalue weighted by atomic mass is 10.3. The lowest BCUT2D eigenvalue weighted by Gasteiger charge is -2.21. The number of carbonyl (C=O) groups excluding carboxylic acids is 1. The molecule has 1 aliphatic rings. The molecule has 0 bridgehead atoms. The molecular weight excluding hydrogens is 246 g/mol. The first-order valence-electron chi connectivity index (χ1n) is 7.04. The Morgan fingerprint density at radius 1 is 1.21 bits per heavy atom. The van der Waals surface area contributed by atoms with Crippen molar-refractivity contribution in [1.82, 2.24) is 9.80 Å². The fourth-order valence-electron chi connectivity index (χ4n) is 2.15. The normalized spacial score (nSPS) is 17.5. The van der Waals surface area contributed by atoms with Crippen molar-refractivity contribution in [2.75, 3.05) is 66.2 Å². The molecule has 0 unspecified atom stereocenters. The molecule has 1 amide bonds. The van der Waals surface area contributed by atoms with Crippen LogP contribution in [-0.2, 0) is 14.3 Å². The number of rotatable bonds is 8. The van der Waals surface area contributed by atoms with Gasteiger partial charge in [0.1, 0.15) is 6.61 Å². The van der Waals surface area contributed by atoms with Gasteiger partial charge >= 0.3 is 0 Å². The van der Waals surface area contributed by atoms with Gasteiger partial charge in [-0.2, -0.15) is 0 Å². The van der Waals surface area contributed by atoms with E-state index >= 15 is 0 Å². The fourth-order valence-corrected chi connectivity index (χ4v) is 2.15. The third kappa shape index (κ3) is 6.87. The lowest BCUT2D eigenvalue weighted by Crippen LogP contribution is -2.37. The Morgan fingerprint density at radius 2 is 2.05 bits per heavy atom. The Hall–Kier alpha value is -0.690.